The van der Waals surface area contributed by atoms with Crippen molar-refractivity contribution < 1.29 is 31.1 Å². The molecule has 3 aliphatic rings. The van der Waals surface area contributed by atoms with Gasteiger partial charge in [0, 0.05) is 0 Å². The molecule has 0 N–H and O–H groups in total. The smallest absolute Gasteiger partial charge is 1.00 e. The van der Waals surface area contributed by atoms with Crippen LogP contribution < -0.4 is 9.41 Å². The minimum absolute atomic E-state index is 0. The van der Waals surface area contributed by atoms with Crippen LogP contribution in [0.4, 0.5) is 0 Å². The van der Waals surface area contributed by atoms with Crippen LogP contribution in [0.5, 0.6) is 0 Å². The summed E-state index contributed by atoms with van der Waals surface area (Å²) in [6, 6.07) is 8.44. The Kier molecular flexibility index (Phi) is 11.2. The van der Waals surface area contributed by atoms with Gasteiger partial charge in [-0.1, -0.05) is 76.5 Å². The number of rotatable bonds is 2. The Morgan fingerprint density at radius 1 is 1.00 bits per heavy atom. The quantitative estimate of drug-likeness (QED) is 0.510. The van der Waals surface area contributed by atoms with Crippen LogP contribution in [0, 0.1) is 24.0 Å². The monoisotopic (exact) mass is 390 g/mol. The predicted octanol–water partition coefficient (Wildman–Crippen LogP) is 0.518. The number of fused-ring (bicyclic) bond motifs is 1. The van der Waals surface area contributed by atoms with E-state index in [1.165, 1.54) is 43.2 Å². The van der Waals surface area contributed by atoms with E-state index in [2.05, 4.69) is 69.3 Å². The van der Waals surface area contributed by atoms with E-state index in [1.807, 2.05) is 0 Å². The summed E-state index contributed by atoms with van der Waals surface area (Å²) in [6.07, 6.45) is 17.9. The summed E-state index contributed by atoms with van der Waals surface area (Å²) in [5.41, 5.74) is 6.08. The van der Waals surface area contributed by atoms with Gasteiger partial charge in [-0.05, 0) is 12.3 Å². The van der Waals surface area contributed by atoms with Crippen LogP contribution >= 0.6 is 0 Å². The third-order valence-corrected chi connectivity index (χ3v) is 5.09. The summed E-state index contributed by atoms with van der Waals surface area (Å²) >= 11 is 0. The van der Waals surface area contributed by atoms with Crippen molar-refractivity contribution in [1.82, 2.24) is 0 Å². The summed E-state index contributed by atoms with van der Waals surface area (Å²) < 4.78 is 0. The number of halogens is 2. The first-order valence-corrected chi connectivity index (χ1v) is 9.14. The van der Waals surface area contributed by atoms with Gasteiger partial charge in [0.15, 0.2) is 0 Å². The van der Waals surface area contributed by atoms with Gasteiger partial charge in [-0.15, -0.1) is 11.6 Å². The van der Waals surface area contributed by atoms with Crippen molar-refractivity contribution in [3.63, 3.8) is 0 Å². The van der Waals surface area contributed by atoms with E-state index in [-0.39, 0.29) is 31.1 Å². The second-order valence-corrected chi connectivity index (χ2v) is 7.41. The van der Waals surface area contributed by atoms with Gasteiger partial charge in [-0.3, -0.25) is 12.2 Å². The molecule has 0 saturated heterocycles. The third-order valence-electron chi connectivity index (χ3n) is 5.09. The molecule has 2 unspecified atom stereocenters. The third kappa shape index (κ3) is 6.03. The zero-order chi connectivity index (χ0) is 16.2. The summed E-state index contributed by atoms with van der Waals surface area (Å²) in [5.74, 6) is 1.98. The Labute approximate surface area is 172 Å². The molecular formula is C23H28F2Ti. The molecule has 0 bridgehead atoms. The molecule has 0 fully saturated rings. The van der Waals surface area contributed by atoms with Crippen LogP contribution in [0.1, 0.15) is 69.9 Å². The van der Waals surface area contributed by atoms with Gasteiger partial charge in [0.25, 0.3) is 0 Å². The Morgan fingerprint density at radius 3 is 2.38 bits per heavy atom. The summed E-state index contributed by atoms with van der Waals surface area (Å²) in [4.78, 5) is 0. The Morgan fingerprint density at radius 2 is 1.69 bits per heavy atom. The van der Waals surface area contributed by atoms with E-state index in [9.17, 15) is 0 Å². The molecule has 0 aromatic heterocycles. The van der Waals surface area contributed by atoms with Gasteiger partial charge in [0.2, 0.25) is 0 Å². The fraction of sp³-hybridized carbons (Fsp3) is 0.478. The second kappa shape index (κ2) is 11.7. The van der Waals surface area contributed by atoms with E-state index in [0.29, 0.717) is 11.8 Å². The van der Waals surface area contributed by atoms with E-state index >= 15 is 0 Å². The minimum Gasteiger partial charge on any atom is -1.00 e. The van der Waals surface area contributed by atoms with Gasteiger partial charge in [-0.25, -0.2) is 12.2 Å². The first-order valence-electron chi connectivity index (χ1n) is 9.14. The van der Waals surface area contributed by atoms with E-state index < -0.39 is 0 Å². The normalized spacial score (nSPS) is 21.7. The maximum Gasteiger partial charge on any atom is 4.00 e. The van der Waals surface area contributed by atoms with Crippen molar-refractivity contribution in [3.05, 3.63) is 64.8 Å². The zero-order valence-electron chi connectivity index (χ0n) is 16.0. The standard InChI is InChI=1S/C13H19.C10H9.2FH.Ti/c1-10(2)9-12-8-7-11-5-3-4-6-13(11)12;1-8-6-7-9-4-2-3-5-10(8)9;;;/h7,10,12H,3-6,9H2,1-2H3;2-5,7-8H,1H3;2*1H;/q2*-1;;;+4/p-2. The molecular weight excluding hydrogens is 362 g/mol. The number of benzene rings is 1. The van der Waals surface area contributed by atoms with Crippen LogP contribution in [0.15, 0.2) is 41.5 Å². The molecule has 1 aromatic rings. The van der Waals surface area contributed by atoms with Crippen LogP contribution in [0.3, 0.4) is 0 Å². The molecule has 0 heterocycles. The summed E-state index contributed by atoms with van der Waals surface area (Å²) in [6.45, 7) is 6.79. The fourth-order valence-electron chi connectivity index (χ4n) is 3.84. The van der Waals surface area contributed by atoms with Gasteiger partial charge in [0.1, 0.15) is 0 Å². The van der Waals surface area contributed by atoms with Crippen LogP contribution in [-0.2, 0) is 21.7 Å². The largest absolute Gasteiger partial charge is 4.00 e. The van der Waals surface area contributed by atoms with Crippen molar-refractivity contribution in [2.24, 2.45) is 11.8 Å². The number of hydrogen-bond acceptors (Lipinski definition) is 0. The van der Waals surface area contributed by atoms with Crippen molar-refractivity contribution in [2.75, 3.05) is 0 Å². The molecule has 0 nitrogen and oxygen atoms in total. The molecule has 26 heavy (non-hydrogen) atoms. The van der Waals surface area contributed by atoms with E-state index in [0.717, 1.165) is 5.92 Å². The molecule has 0 aliphatic heterocycles. The van der Waals surface area contributed by atoms with Crippen LogP contribution in [-0.4, -0.2) is 0 Å². The SMILES string of the molecule is CC(C)CC1[C-]=CC2=C1CCCC2.CC1[C-]=Cc2ccccc21.[F-].[F-].[Ti+4]. The Bertz CT molecular complexity index is 643. The van der Waals surface area contributed by atoms with Crippen molar-refractivity contribution in [2.45, 2.75) is 58.8 Å². The molecule has 1 aromatic carbocycles. The molecule has 0 spiro atoms. The van der Waals surface area contributed by atoms with Crippen molar-refractivity contribution in [3.8, 4) is 0 Å². The molecule has 4 rings (SSSR count). The maximum absolute atomic E-state index is 3.53. The van der Waals surface area contributed by atoms with Gasteiger partial charge >= 0.3 is 21.7 Å². The predicted molar refractivity (Wildman–Crippen MR) is 98.8 cm³/mol. The first kappa shape index (κ1) is 25.0. The van der Waals surface area contributed by atoms with Crippen molar-refractivity contribution >= 4 is 6.08 Å². The fourth-order valence-corrected chi connectivity index (χ4v) is 3.84. The summed E-state index contributed by atoms with van der Waals surface area (Å²) in [5, 5.41) is 0. The number of allylic oxidation sites excluding steroid dienone is 5. The van der Waals surface area contributed by atoms with E-state index in [1.54, 1.807) is 11.1 Å². The van der Waals surface area contributed by atoms with Crippen molar-refractivity contribution in [1.29, 1.82) is 0 Å². The summed E-state index contributed by atoms with van der Waals surface area (Å²) in [7, 11) is 0. The Hall–Kier alpha value is -0.986. The minimum atomic E-state index is 0. The average molecular weight is 390 g/mol. The number of hydrogen-bond donors (Lipinski definition) is 0. The molecule has 0 radical (unpaired) electrons. The molecule has 138 valence electrons. The van der Waals surface area contributed by atoms with E-state index in [4.69, 9.17) is 0 Å². The van der Waals surface area contributed by atoms with Gasteiger partial charge in [0.05, 0.1) is 0 Å². The topological polar surface area (TPSA) is 0 Å². The van der Waals surface area contributed by atoms with Crippen LogP contribution in [0.2, 0.25) is 0 Å². The molecule has 0 saturated carbocycles. The van der Waals surface area contributed by atoms with Gasteiger partial charge < -0.3 is 9.41 Å². The zero-order valence-corrected chi connectivity index (χ0v) is 17.5. The second-order valence-electron chi connectivity index (χ2n) is 7.41. The van der Waals surface area contributed by atoms with Crippen LogP contribution in [0.25, 0.3) is 6.08 Å². The molecule has 0 amide bonds. The first-order chi connectivity index (χ1) is 11.1. The average Bonchev–Trinajstić information content (AvgIpc) is 3.13. The molecule has 3 aliphatic carbocycles. The molecule has 2 atom stereocenters. The Balaban J connectivity index is 0.000000441. The van der Waals surface area contributed by atoms with Gasteiger partial charge in [-0.2, -0.15) is 16.7 Å². The molecule has 3 heteroatoms. The maximum atomic E-state index is 3.53.